The van der Waals surface area contributed by atoms with Gasteiger partial charge in [0, 0.05) is 5.56 Å². The van der Waals surface area contributed by atoms with Gasteiger partial charge in [0.15, 0.2) is 5.57 Å². The predicted molar refractivity (Wildman–Crippen MR) is 112 cm³/mol. The SMILES string of the molecule is Cc1ccc(-n2c(=O)/c(=C\c3c(F)cccc3Cl)s/c2=C(/C#N)C(N)=O)c(C)c1. The molecule has 1 aromatic heterocycles. The van der Waals surface area contributed by atoms with E-state index in [4.69, 9.17) is 17.3 Å². The van der Waals surface area contributed by atoms with Crippen LogP contribution in [0.15, 0.2) is 41.2 Å². The van der Waals surface area contributed by atoms with E-state index in [-0.39, 0.29) is 25.4 Å². The standard InChI is InChI=1S/C21H15ClFN3O2S/c1-11-6-7-17(12(2)8-11)26-20(28)18(29-21(26)14(10-24)19(25)27)9-13-15(22)4-3-5-16(13)23/h3-9H,1-2H3,(H2,25,27)/b18-9+,21-14-. The maximum absolute atomic E-state index is 14.2. The van der Waals surface area contributed by atoms with Crippen LogP contribution in [0.3, 0.4) is 0 Å². The molecule has 29 heavy (non-hydrogen) atoms. The van der Waals surface area contributed by atoms with Gasteiger partial charge >= 0.3 is 0 Å². The molecule has 0 spiro atoms. The van der Waals surface area contributed by atoms with E-state index in [1.54, 1.807) is 12.1 Å². The Kier molecular flexibility index (Phi) is 5.69. The fraction of sp³-hybridized carbons (Fsp3) is 0.0952. The number of hydrogen-bond acceptors (Lipinski definition) is 4. The zero-order chi connectivity index (χ0) is 21.3. The van der Waals surface area contributed by atoms with Crippen LogP contribution in [-0.2, 0) is 4.79 Å². The Morgan fingerprint density at radius 1 is 1.31 bits per heavy atom. The lowest BCUT2D eigenvalue weighted by molar-refractivity contribution is -0.112. The lowest BCUT2D eigenvalue weighted by Gasteiger charge is -2.08. The van der Waals surface area contributed by atoms with Crippen molar-refractivity contribution in [2.24, 2.45) is 5.73 Å². The molecule has 0 radical (unpaired) electrons. The van der Waals surface area contributed by atoms with Crippen LogP contribution in [0.1, 0.15) is 16.7 Å². The average molecular weight is 428 g/mol. The molecule has 2 N–H and O–H groups in total. The monoisotopic (exact) mass is 427 g/mol. The van der Waals surface area contributed by atoms with Crippen molar-refractivity contribution in [1.82, 2.24) is 4.57 Å². The molecule has 1 heterocycles. The molecule has 0 atom stereocenters. The van der Waals surface area contributed by atoms with E-state index >= 15 is 0 Å². The molecule has 0 fully saturated rings. The third-order valence-corrected chi connectivity index (χ3v) is 5.69. The molecule has 1 amide bonds. The molecule has 5 nitrogen and oxygen atoms in total. The molecule has 0 aliphatic carbocycles. The molecule has 0 unspecified atom stereocenters. The summed E-state index contributed by atoms with van der Waals surface area (Å²) in [4.78, 5) is 25.0. The first-order valence-electron chi connectivity index (χ1n) is 8.44. The molecular formula is C21H15ClFN3O2S. The number of carbonyl (C=O) groups is 1. The maximum Gasteiger partial charge on any atom is 0.273 e. The van der Waals surface area contributed by atoms with Crippen LogP contribution >= 0.6 is 22.9 Å². The van der Waals surface area contributed by atoms with Crippen molar-refractivity contribution in [1.29, 1.82) is 5.26 Å². The van der Waals surface area contributed by atoms with E-state index in [0.717, 1.165) is 22.5 Å². The summed E-state index contributed by atoms with van der Waals surface area (Å²) < 4.78 is 15.7. The number of thiazole rings is 1. The quantitative estimate of drug-likeness (QED) is 0.695. The molecule has 146 valence electrons. The smallest absolute Gasteiger partial charge is 0.273 e. The summed E-state index contributed by atoms with van der Waals surface area (Å²) in [7, 11) is 0. The number of halogens is 2. The fourth-order valence-corrected chi connectivity index (χ4v) is 4.22. The second kappa shape index (κ2) is 8.03. The van der Waals surface area contributed by atoms with Crippen molar-refractivity contribution in [3.8, 4) is 11.8 Å². The number of benzene rings is 2. The Morgan fingerprint density at radius 2 is 2.03 bits per heavy atom. The van der Waals surface area contributed by atoms with Crippen molar-refractivity contribution in [2.45, 2.75) is 13.8 Å². The van der Waals surface area contributed by atoms with Crippen LogP contribution in [0, 0.1) is 31.0 Å². The number of rotatable bonds is 3. The Labute approximate surface area is 174 Å². The zero-order valence-electron chi connectivity index (χ0n) is 15.5. The van der Waals surface area contributed by atoms with Gasteiger partial charge in [-0.1, -0.05) is 35.4 Å². The fourth-order valence-electron chi connectivity index (χ4n) is 2.91. The van der Waals surface area contributed by atoms with Gasteiger partial charge in [-0.15, -0.1) is 11.3 Å². The highest BCUT2D eigenvalue weighted by Crippen LogP contribution is 2.19. The summed E-state index contributed by atoms with van der Waals surface area (Å²) >= 11 is 6.95. The number of nitriles is 1. The first-order chi connectivity index (χ1) is 13.7. The largest absolute Gasteiger partial charge is 0.365 e. The molecule has 3 rings (SSSR count). The van der Waals surface area contributed by atoms with Crippen LogP contribution in [0.4, 0.5) is 4.39 Å². The summed E-state index contributed by atoms with van der Waals surface area (Å²) in [5.41, 5.74) is 6.79. The van der Waals surface area contributed by atoms with E-state index in [9.17, 15) is 19.2 Å². The highest BCUT2D eigenvalue weighted by molar-refractivity contribution is 7.07. The van der Waals surface area contributed by atoms with Gasteiger partial charge < -0.3 is 5.73 Å². The number of amides is 1. The molecule has 0 aliphatic rings. The third kappa shape index (κ3) is 3.86. The number of aromatic nitrogens is 1. The van der Waals surface area contributed by atoms with Gasteiger partial charge in [-0.05, 0) is 43.7 Å². The average Bonchev–Trinajstić information content (AvgIpc) is 2.95. The highest BCUT2D eigenvalue weighted by Gasteiger charge is 2.16. The number of primary amides is 1. The first kappa shape index (κ1) is 20.5. The molecule has 0 aliphatic heterocycles. The summed E-state index contributed by atoms with van der Waals surface area (Å²) in [5, 5.41) is 9.56. The van der Waals surface area contributed by atoms with E-state index in [1.807, 2.05) is 26.0 Å². The van der Waals surface area contributed by atoms with Crippen molar-refractivity contribution >= 4 is 40.5 Å². The highest BCUT2D eigenvalue weighted by atomic mass is 35.5. The molecule has 0 bridgehead atoms. The molecule has 3 aromatic rings. The van der Waals surface area contributed by atoms with Crippen molar-refractivity contribution in [3.05, 3.63) is 83.5 Å². The normalized spacial score (nSPS) is 12.6. The van der Waals surface area contributed by atoms with E-state index in [2.05, 4.69) is 0 Å². The van der Waals surface area contributed by atoms with Gasteiger partial charge in [0.2, 0.25) is 0 Å². The summed E-state index contributed by atoms with van der Waals surface area (Å²) in [6.45, 7) is 3.72. The van der Waals surface area contributed by atoms with Gasteiger partial charge in [-0.3, -0.25) is 14.2 Å². The van der Waals surface area contributed by atoms with Crippen molar-refractivity contribution in [3.63, 3.8) is 0 Å². The van der Waals surface area contributed by atoms with Gasteiger partial charge in [0.05, 0.1) is 15.2 Å². The first-order valence-corrected chi connectivity index (χ1v) is 9.63. The number of nitrogens with two attached hydrogens (primary N) is 1. The van der Waals surface area contributed by atoms with E-state index in [0.29, 0.717) is 5.69 Å². The van der Waals surface area contributed by atoms with E-state index < -0.39 is 17.3 Å². The van der Waals surface area contributed by atoms with Crippen LogP contribution in [0.2, 0.25) is 5.02 Å². The van der Waals surface area contributed by atoms with E-state index in [1.165, 1.54) is 28.8 Å². The number of carbonyl (C=O) groups excluding carboxylic acids is 1. The van der Waals surface area contributed by atoms with Crippen LogP contribution in [-0.4, -0.2) is 10.5 Å². The van der Waals surface area contributed by atoms with Gasteiger partial charge in [0.25, 0.3) is 11.5 Å². The maximum atomic E-state index is 14.2. The summed E-state index contributed by atoms with van der Waals surface area (Å²) in [6.07, 6.45) is 1.31. The topological polar surface area (TPSA) is 88.9 Å². The second-order valence-corrected chi connectivity index (χ2v) is 7.77. The molecule has 0 saturated heterocycles. The molecule has 0 saturated carbocycles. The minimum atomic E-state index is -0.956. The molecular weight excluding hydrogens is 413 g/mol. The van der Waals surface area contributed by atoms with Gasteiger partial charge in [-0.2, -0.15) is 5.26 Å². The Balaban J connectivity index is 2.50. The minimum Gasteiger partial charge on any atom is -0.365 e. The zero-order valence-corrected chi connectivity index (χ0v) is 17.1. The molecule has 2 aromatic carbocycles. The summed E-state index contributed by atoms with van der Waals surface area (Å²) in [6, 6.07) is 11.4. The Bertz CT molecular complexity index is 1350. The lowest BCUT2D eigenvalue weighted by Crippen LogP contribution is -2.33. The Hall–Kier alpha value is -3.21. The van der Waals surface area contributed by atoms with Crippen LogP contribution in [0.5, 0.6) is 0 Å². The predicted octanol–water partition coefficient (Wildman–Crippen LogP) is 2.30. The Morgan fingerprint density at radius 3 is 2.62 bits per heavy atom. The van der Waals surface area contributed by atoms with Gasteiger partial charge in [0.1, 0.15) is 16.5 Å². The number of aryl methyl sites for hydroxylation is 2. The van der Waals surface area contributed by atoms with Gasteiger partial charge in [-0.25, -0.2) is 4.39 Å². The lowest BCUT2D eigenvalue weighted by atomic mass is 10.1. The second-order valence-electron chi connectivity index (χ2n) is 6.33. The van der Waals surface area contributed by atoms with Crippen molar-refractivity contribution in [2.75, 3.05) is 0 Å². The van der Waals surface area contributed by atoms with Crippen LogP contribution < -0.4 is 20.5 Å². The summed E-state index contributed by atoms with van der Waals surface area (Å²) in [5.74, 6) is -1.55. The third-order valence-electron chi connectivity index (χ3n) is 4.26. The minimum absolute atomic E-state index is 0.0458. The number of hydrogen-bond donors (Lipinski definition) is 1. The number of nitrogens with zero attached hydrogens (tertiary/aromatic N) is 2. The van der Waals surface area contributed by atoms with Crippen molar-refractivity contribution < 1.29 is 9.18 Å². The molecule has 8 heteroatoms. The van der Waals surface area contributed by atoms with Crippen LogP contribution in [0.25, 0.3) is 17.3 Å².